The molecule has 3 aromatic rings. The van der Waals surface area contributed by atoms with E-state index in [4.69, 9.17) is 21.1 Å². The van der Waals surface area contributed by atoms with E-state index in [9.17, 15) is 14.4 Å². The molecule has 156 valence electrons. The van der Waals surface area contributed by atoms with Gasteiger partial charge in [0.25, 0.3) is 11.1 Å². The first kappa shape index (κ1) is 21.7. The molecule has 9 heteroatoms. The summed E-state index contributed by atoms with van der Waals surface area (Å²) in [5.41, 5.74) is 1.46. The lowest BCUT2D eigenvalue weighted by molar-refractivity contribution is -0.123. The molecular weight excluding hydrogens is 553 g/mol. The summed E-state index contributed by atoms with van der Waals surface area (Å²) in [7, 11) is 0. The lowest BCUT2D eigenvalue weighted by Gasteiger charge is -2.12. The Morgan fingerprint density at radius 3 is 2.55 bits per heavy atom. The number of amides is 2. The molecule has 0 unspecified atom stereocenters. The van der Waals surface area contributed by atoms with Gasteiger partial charge in [-0.3, -0.25) is 14.5 Å². The van der Waals surface area contributed by atoms with E-state index in [0.29, 0.717) is 17.1 Å². The van der Waals surface area contributed by atoms with Crippen LogP contribution in [0.5, 0.6) is 0 Å². The molecule has 0 atom stereocenters. The van der Waals surface area contributed by atoms with Crippen molar-refractivity contribution in [1.29, 1.82) is 0 Å². The number of hydrogen-bond acceptors (Lipinski definition) is 5. The van der Waals surface area contributed by atoms with Gasteiger partial charge in [-0.2, -0.15) is 0 Å². The first-order valence-electron chi connectivity index (χ1n) is 8.94. The summed E-state index contributed by atoms with van der Waals surface area (Å²) in [6.45, 7) is 0.205. The maximum Gasteiger partial charge on any atom is 0.337 e. The van der Waals surface area contributed by atoms with Gasteiger partial charge in [0.1, 0.15) is 11.5 Å². The normalized spacial score (nSPS) is 15.2. The van der Waals surface area contributed by atoms with Gasteiger partial charge in [0.2, 0.25) is 0 Å². The van der Waals surface area contributed by atoms with Crippen LogP contribution in [0, 0.1) is 3.57 Å². The SMILES string of the molecule is O=C(O)c1ccc(-c2ccc(/C=C3\SC(=O)N(Cc4ccc(I)cc4)C3=O)o2)cc1Cl. The molecule has 0 bridgehead atoms. The van der Waals surface area contributed by atoms with E-state index in [2.05, 4.69) is 22.6 Å². The lowest BCUT2D eigenvalue weighted by Crippen LogP contribution is -2.27. The predicted molar refractivity (Wildman–Crippen MR) is 127 cm³/mol. The summed E-state index contributed by atoms with van der Waals surface area (Å²) < 4.78 is 6.83. The monoisotopic (exact) mass is 565 g/mol. The minimum atomic E-state index is -1.11. The molecule has 0 saturated carbocycles. The van der Waals surface area contributed by atoms with Crippen molar-refractivity contribution < 1.29 is 23.9 Å². The molecule has 2 amide bonds. The van der Waals surface area contributed by atoms with Gasteiger partial charge in [-0.1, -0.05) is 29.8 Å². The number of carboxylic acids is 1. The predicted octanol–water partition coefficient (Wildman–Crippen LogP) is 6.14. The fourth-order valence-corrected chi connectivity index (χ4v) is 4.40. The summed E-state index contributed by atoms with van der Waals surface area (Å²) in [5, 5.41) is 8.84. The number of aromatic carboxylic acids is 1. The molecule has 2 heterocycles. The van der Waals surface area contributed by atoms with Crippen LogP contribution in [0.3, 0.4) is 0 Å². The molecule has 0 aliphatic carbocycles. The fraction of sp³-hybridized carbons (Fsp3) is 0.0455. The van der Waals surface area contributed by atoms with E-state index in [1.165, 1.54) is 23.1 Å². The molecule has 2 aromatic carbocycles. The molecule has 1 aromatic heterocycles. The second-order valence-corrected chi connectivity index (χ2v) is 9.24. The number of carbonyl (C=O) groups excluding carboxylic acids is 2. The number of furan rings is 1. The molecule has 1 N–H and O–H groups in total. The average molecular weight is 566 g/mol. The van der Waals surface area contributed by atoms with Crippen LogP contribution >= 0.6 is 46.0 Å². The van der Waals surface area contributed by atoms with Crippen molar-refractivity contribution in [2.24, 2.45) is 0 Å². The number of carbonyl (C=O) groups is 3. The van der Waals surface area contributed by atoms with Crippen LogP contribution < -0.4 is 0 Å². The number of rotatable bonds is 5. The lowest BCUT2D eigenvalue weighted by atomic mass is 10.1. The smallest absolute Gasteiger partial charge is 0.337 e. The standard InChI is InChI=1S/C22H13ClINO5S/c23-17-9-13(3-7-16(17)21(27)28)18-8-6-15(30-18)10-19-20(26)25(22(29)31-19)11-12-1-4-14(24)5-2-12/h1-10H,11H2,(H,27,28)/b19-10-. The van der Waals surface area contributed by atoms with E-state index in [1.54, 1.807) is 18.2 Å². The number of benzene rings is 2. The second-order valence-electron chi connectivity index (χ2n) is 6.60. The summed E-state index contributed by atoms with van der Waals surface area (Å²) in [5.74, 6) is -0.630. The van der Waals surface area contributed by atoms with Crippen molar-refractivity contribution in [3.05, 3.63) is 85.0 Å². The quantitative estimate of drug-likeness (QED) is 0.295. The number of carboxylic acid groups (broad SMARTS) is 1. The maximum atomic E-state index is 12.7. The molecule has 1 fully saturated rings. The van der Waals surface area contributed by atoms with E-state index >= 15 is 0 Å². The van der Waals surface area contributed by atoms with E-state index in [-0.39, 0.29) is 33.2 Å². The average Bonchev–Trinajstić information content (AvgIpc) is 3.29. The first-order chi connectivity index (χ1) is 14.8. The van der Waals surface area contributed by atoms with Gasteiger partial charge < -0.3 is 9.52 Å². The van der Waals surface area contributed by atoms with Crippen LogP contribution in [-0.4, -0.2) is 27.1 Å². The largest absolute Gasteiger partial charge is 0.478 e. The molecule has 1 saturated heterocycles. The van der Waals surface area contributed by atoms with Crippen molar-refractivity contribution in [1.82, 2.24) is 4.90 Å². The van der Waals surface area contributed by atoms with Crippen molar-refractivity contribution in [2.45, 2.75) is 6.54 Å². The van der Waals surface area contributed by atoms with E-state index < -0.39 is 5.97 Å². The minimum Gasteiger partial charge on any atom is -0.478 e. The highest BCUT2D eigenvalue weighted by molar-refractivity contribution is 14.1. The number of hydrogen-bond donors (Lipinski definition) is 1. The van der Waals surface area contributed by atoms with Gasteiger partial charge in [0.05, 0.1) is 22.0 Å². The highest BCUT2D eigenvalue weighted by Gasteiger charge is 2.35. The molecule has 31 heavy (non-hydrogen) atoms. The summed E-state index contributed by atoms with van der Waals surface area (Å²) in [6, 6.07) is 15.5. The number of nitrogens with zero attached hydrogens (tertiary/aromatic N) is 1. The van der Waals surface area contributed by atoms with Crippen molar-refractivity contribution in [3.63, 3.8) is 0 Å². The summed E-state index contributed by atoms with van der Waals surface area (Å²) >= 11 is 9.07. The molecule has 6 nitrogen and oxygen atoms in total. The Balaban J connectivity index is 1.53. The van der Waals surface area contributed by atoms with Crippen molar-refractivity contribution in [3.8, 4) is 11.3 Å². The number of imide groups is 1. The first-order valence-corrected chi connectivity index (χ1v) is 11.2. The third-order valence-electron chi connectivity index (χ3n) is 4.51. The molecule has 1 aliphatic heterocycles. The Labute approximate surface area is 200 Å². The summed E-state index contributed by atoms with van der Waals surface area (Å²) in [4.78, 5) is 37.6. The zero-order valence-corrected chi connectivity index (χ0v) is 19.4. The molecular formula is C22H13ClINO5S. The maximum absolute atomic E-state index is 12.7. The Bertz CT molecular complexity index is 1230. The zero-order chi connectivity index (χ0) is 22.1. The van der Waals surface area contributed by atoms with Gasteiger partial charge in [0, 0.05) is 15.2 Å². The van der Waals surface area contributed by atoms with Crippen LogP contribution in [0.15, 0.2) is 63.9 Å². The topological polar surface area (TPSA) is 87.8 Å². The third kappa shape index (κ3) is 4.70. The van der Waals surface area contributed by atoms with Gasteiger partial charge >= 0.3 is 5.97 Å². The van der Waals surface area contributed by atoms with E-state index in [0.717, 1.165) is 20.9 Å². The summed E-state index contributed by atoms with van der Waals surface area (Å²) in [6.07, 6.45) is 1.52. The Kier molecular flexibility index (Phi) is 6.22. The highest BCUT2D eigenvalue weighted by atomic mass is 127. The second kappa shape index (κ2) is 8.89. The van der Waals surface area contributed by atoms with Crippen LogP contribution in [0.25, 0.3) is 17.4 Å². The number of halogens is 2. The minimum absolute atomic E-state index is 0.000927. The van der Waals surface area contributed by atoms with Gasteiger partial charge in [-0.15, -0.1) is 0 Å². The van der Waals surface area contributed by atoms with Gasteiger partial charge in [0.15, 0.2) is 0 Å². The van der Waals surface area contributed by atoms with Crippen LogP contribution in [-0.2, 0) is 11.3 Å². The molecule has 1 aliphatic rings. The Hall–Kier alpha value is -2.56. The number of thioether (sulfide) groups is 1. The Morgan fingerprint density at radius 1 is 1.13 bits per heavy atom. The van der Waals surface area contributed by atoms with Crippen LogP contribution in [0.1, 0.15) is 21.7 Å². The third-order valence-corrected chi connectivity index (χ3v) is 6.45. The molecule has 4 rings (SSSR count). The Morgan fingerprint density at radius 2 is 1.87 bits per heavy atom. The fourth-order valence-electron chi connectivity index (χ4n) is 2.97. The molecule has 0 radical (unpaired) electrons. The van der Waals surface area contributed by atoms with E-state index in [1.807, 2.05) is 24.3 Å². The van der Waals surface area contributed by atoms with Crippen molar-refractivity contribution >= 4 is 69.1 Å². The zero-order valence-electron chi connectivity index (χ0n) is 15.7. The van der Waals surface area contributed by atoms with Crippen LogP contribution in [0.4, 0.5) is 4.79 Å². The van der Waals surface area contributed by atoms with Gasteiger partial charge in [-0.05, 0) is 76.3 Å². The van der Waals surface area contributed by atoms with Crippen LogP contribution in [0.2, 0.25) is 5.02 Å². The van der Waals surface area contributed by atoms with Gasteiger partial charge in [-0.25, -0.2) is 4.79 Å². The highest BCUT2D eigenvalue weighted by Crippen LogP contribution is 2.34. The molecule has 0 spiro atoms. The van der Waals surface area contributed by atoms with Crippen molar-refractivity contribution in [2.75, 3.05) is 0 Å².